The molecule has 0 saturated carbocycles. The third-order valence-corrected chi connectivity index (χ3v) is 4.30. The standard InChI is InChI=1S/C16H16BrF2N/c1-9-4-7-13(18)14(15(9)19)16(20-3)11-5-6-12(17)10(2)8-11/h4-8,16,20H,1-3H3. The molecule has 0 aliphatic rings. The Balaban J connectivity index is 2.58. The van der Waals surface area contributed by atoms with Gasteiger partial charge in [-0.1, -0.05) is 34.1 Å². The van der Waals surface area contributed by atoms with Crippen LogP contribution >= 0.6 is 15.9 Å². The zero-order valence-corrected chi connectivity index (χ0v) is 13.2. The lowest BCUT2D eigenvalue weighted by Crippen LogP contribution is -2.21. The van der Waals surface area contributed by atoms with Crippen molar-refractivity contribution in [2.75, 3.05) is 7.05 Å². The molecule has 0 heterocycles. The van der Waals surface area contributed by atoms with Crippen molar-refractivity contribution in [2.24, 2.45) is 0 Å². The molecule has 2 aromatic carbocycles. The maximum atomic E-state index is 14.3. The minimum Gasteiger partial charge on any atom is -0.309 e. The molecule has 4 heteroatoms. The molecule has 0 fully saturated rings. The summed E-state index contributed by atoms with van der Waals surface area (Å²) in [5.41, 5.74) is 2.36. The van der Waals surface area contributed by atoms with Gasteiger partial charge in [0.15, 0.2) is 0 Å². The predicted octanol–water partition coefficient (Wildman–Crippen LogP) is 4.65. The molecule has 1 atom stereocenters. The van der Waals surface area contributed by atoms with Gasteiger partial charge in [0.05, 0.1) is 6.04 Å². The second-order valence-electron chi connectivity index (χ2n) is 4.82. The van der Waals surface area contributed by atoms with E-state index in [9.17, 15) is 8.78 Å². The van der Waals surface area contributed by atoms with Crippen LogP contribution in [0.1, 0.15) is 28.3 Å². The monoisotopic (exact) mass is 339 g/mol. The van der Waals surface area contributed by atoms with Crippen molar-refractivity contribution >= 4 is 15.9 Å². The zero-order valence-electron chi connectivity index (χ0n) is 11.6. The van der Waals surface area contributed by atoms with Crippen molar-refractivity contribution in [3.63, 3.8) is 0 Å². The van der Waals surface area contributed by atoms with Gasteiger partial charge in [-0.2, -0.15) is 0 Å². The van der Waals surface area contributed by atoms with Crippen LogP contribution in [0.15, 0.2) is 34.8 Å². The molecule has 0 radical (unpaired) electrons. The summed E-state index contributed by atoms with van der Waals surface area (Å²) in [5.74, 6) is -1.03. The number of aryl methyl sites for hydroxylation is 2. The van der Waals surface area contributed by atoms with E-state index in [0.717, 1.165) is 15.6 Å². The Bertz CT molecular complexity index is 641. The topological polar surface area (TPSA) is 12.0 Å². The third kappa shape index (κ3) is 2.76. The summed E-state index contributed by atoms with van der Waals surface area (Å²) in [6, 6.07) is 7.92. The Morgan fingerprint density at radius 3 is 2.35 bits per heavy atom. The molecule has 2 aromatic rings. The first-order valence-corrected chi connectivity index (χ1v) is 7.12. The molecular weight excluding hydrogens is 324 g/mol. The highest BCUT2D eigenvalue weighted by Crippen LogP contribution is 2.30. The maximum Gasteiger partial charge on any atom is 0.134 e. The minimum atomic E-state index is -0.534. The van der Waals surface area contributed by atoms with Crippen LogP contribution in [0, 0.1) is 25.5 Å². The van der Waals surface area contributed by atoms with Crippen molar-refractivity contribution < 1.29 is 8.78 Å². The Kier molecular flexibility index (Phi) is 4.55. The number of hydrogen-bond acceptors (Lipinski definition) is 1. The summed E-state index contributed by atoms with van der Waals surface area (Å²) in [5, 5.41) is 2.99. The van der Waals surface area contributed by atoms with E-state index < -0.39 is 17.7 Å². The molecule has 20 heavy (non-hydrogen) atoms. The van der Waals surface area contributed by atoms with E-state index in [2.05, 4.69) is 21.2 Å². The van der Waals surface area contributed by atoms with Gasteiger partial charge in [0.25, 0.3) is 0 Å². The summed E-state index contributed by atoms with van der Waals surface area (Å²) < 4.78 is 29.3. The summed E-state index contributed by atoms with van der Waals surface area (Å²) in [6.45, 7) is 3.58. The molecule has 0 aromatic heterocycles. The zero-order chi connectivity index (χ0) is 14.9. The van der Waals surface area contributed by atoms with E-state index in [1.807, 2.05) is 25.1 Å². The van der Waals surface area contributed by atoms with E-state index in [1.54, 1.807) is 14.0 Å². The van der Waals surface area contributed by atoms with Crippen molar-refractivity contribution in [3.05, 3.63) is 68.7 Å². The molecule has 2 rings (SSSR count). The van der Waals surface area contributed by atoms with Gasteiger partial charge in [0, 0.05) is 10.0 Å². The third-order valence-electron chi connectivity index (χ3n) is 3.41. The summed E-state index contributed by atoms with van der Waals surface area (Å²) in [7, 11) is 1.70. The van der Waals surface area contributed by atoms with Gasteiger partial charge in [-0.25, -0.2) is 8.78 Å². The highest BCUT2D eigenvalue weighted by Gasteiger charge is 2.22. The average Bonchev–Trinajstić information content (AvgIpc) is 2.42. The van der Waals surface area contributed by atoms with Gasteiger partial charge >= 0.3 is 0 Å². The van der Waals surface area contributed by atoms with Crippen LogP contribution < -0.4 is 5.32 Å². The number of halogens is 3. The quantitative estimate of drug-likeness (QED) is 0.857. The molecule has 1 unspecified atom stereocenters. The summed E-state index contributed by atoms with van der Waals surface area (Å²) >= 11 is 3.43. The predicted molar refractivity (Wildman–Crippen MR) is 80.9 cm³/mol. The molecule has 0 aliphatic heterocycles. The molecule has 0 amide bonds. The van der Waals surface area contributed by atoms with Crippen LogP contribution in [0.4, 0.5) is 8.78 Å². The molecule has 0 spiro atoms. The Morgan fingerprint density at radius 2 is 1.75 bits per heavy atom. The van der Waals surface area contributed by atoms with Crippen LogP contribution in [0.5, 0.6) is 0 Å². The van der Waals surface area contributed by atoms with E-state index in [4.69, 9.17) is 0 Å². The van der Waals surface area contributed by atoms with Crippen molar-refractivity contribution in [1.29, 1.82) is 0 Å². The molecule has 0 aliphatic carbocycles. The highest BCUT2D eigenvalue weighted by atomic mass is 79.9. The maximum absolute atomic E-state index is 14.3. The molecule has 106 valence electrons. The summed E-state index contributed by atoms with van der Waals surface area (Å²) in [4.78, 5) is 0. The SMILES string of the molecule is CNC(c1ccc(Br)c(C)c1)c1c(F)ccc(C)c1F. The van der Waals surface area contributed by atoms with Crippen molar-refractivity contribution in [1.82, 2.24) is 5.32 Å². The van der Waals surface area contributed by atoms with Crippen LogP contribution in [0.25, 0.3) is 0 Å². The number of nitrogens with one attached hydrogen (secondary N) is 1. The van der Waals surface area contributed by atoms with E-state index in [0.29, 0.717) is 5.56 Å². The fourth-order valence-electron chi connectivity index (χ4n) is 2.27. The smallest absolute Gasteiger partial charge is 0.134 e. The van der Waals surface area contributed by atoms with E-state index in [1.165, 1.54) is 12.1 Å². The highest BCUT2D eigenvalue weighted by molar-refractivity contribution is 9.10. The first-order chi connectivity index (χ1) is 9.45. The fraction of sp³-hybridized carbons (Fsp3) is 0.250. The van der Waals surface area contributed by atoms with Gasteiger partial charge in [0.1, 0.15) is 11.6 Å². The number of hydrogen-bond donors (Lipinski definition) is 1. The Morgan fingerprint density at radius 1 is 1.05 bits per heavy atom. The van der Waals surface area contributed by atoms with Gasteiger partial charge < -0.3 is 5.32 Å². The average molecular weight is 340 g/mol. The largest absolute Gasteiger partial charge is 0.309 e. The molecule has 1 nitrogen and oxygen atoms in total. The molecule has 0 saturated heterocycles. The molecule has 1 N–H and O–H groups in total. The Hall–Kier alpha value is -1.26. The lowest BCUT2D eigenvalue weighted by Gasteiger charge is -2.20. The normalized spacial score (nSPS) is 12.5. The first kappa shape index (κ1) is 15.1. The van der Waals surface area contributed by atoms with Gasteiger partial charge in [0.2, 0.25) is 0 Å². The Labute approximate surface area is 126 Å². The van der Waals surface area contributed by atoms with E-state index >= 15 is 0 Å². The first-order valence-electron chi connectivity index (χ1n) is 6.33. The molecule has 0 bridgehead atoms. The van der Waals surface area contributed by atoms with E-state index in [-0.39, 0.29) is 5.56 Å². The number of rotatable bonds is 3. The fourth-order valence-corrected chi connectivity index (χ4v) is 2.51. The van der Waals surface area contributed by atoms with Crippen LogP contribution in [-0.2, 0) is 0 Å². The van der Waals surface area contributed by atoms with Crippen molar-refractivity contribution in [3.8, 4) is 0 Å². The van der Waals surface area contributed by atoms with Gasteiger partial charge in [-0.15, -0.1) is 0 Å². The number of benzene rings is 2. The second-order valence-corrected chi connectivity index (χ2v) is 5.68. The van der Waals surface area contributed by atoms with Crippen LogP contribution in [0.3, 0.4) is 0 Å². The van der Waals surface area contributed by atoms with Crippen LogP contribution in [-0.4, -0.2) is 7.05 Å². The minimum absolute atomic E-state index is 0.0641. The lowest BCUT2D eigenvalue weighted by molar-refractivity contribution is 0.517. The summed E-state index contributed by atoms with van der Waals surface area (Å²) in [6.07, 6.45) is 0. The van der Waals surface area contributed by atoms with Crippen LogP contribution in [0.2, 0.25) is 0 Å². The lowest BCUT2D eigenvalue weighted by atomic mass is 9.95. The van der Waals surface area contributed by atoms with Crippen molar-refractivity contribution in [2.45, 2.75) is 19.9 Å². The van der Waals surface area contributed by atoms with Gasteiger partial charge in [-0.05, 0) is 49.7 Å². The van der Waals surface area contributed by atoms with Gasteiger partial charge in [-0.3, -0.25) is 0 Å². The molecular formula is C16H16BrF2N. The second kappa shape index (κ2) is 6.02.